The highest BCUT2D eigenvalue weighted by Crippen LogP contribution is 1.98. The normalized spacial score (nSPS) is 15.6. The Kier molecular flexibility index (Phi) is 8.71. The molecule has 0 aliphatic rings. The number of nitrogens with one attached hydrogen (secondary N) is 1. The van der Waals surface area contributed by atoms with Gasteiger partial charge in [0.1, 0.15) is 0 Å². The largest absolute Gasteiger partial charge is 0.384 e. The van der Waals surface area contributed by atoms with Gasteiger partial charge in [0.15, 0.2) is 0 Å². The molecule has 2 unspecified atom stereocenters. The molecular weight excluding hydrogens is 186 g/mol. The summed E-state index contributed by atoms with van der Waals surface area (Å²) in [6.45, 7) is 2.73. The van der Waals surface area contributed by atoms with Crippen molar-refractivity contribution in [2.45, 2.75) is 25.8 Å². The van der Waals surface area contributed by atoms with E-state index in [0.29, 0.717) is 18.4 Å². The lowest BCUT2D eigenvalue weighted by Gasteiger charge is -2.14. The predicted octanol–water partition coefficient (Wildman–Crippen LogP) is 0.770. The molecule has 0 aliphatic carbocycles. The van der Waals surface area contributed by atoms with Gasteiger partial charge in [0.25, 0.3) is 0 Å². The first kappa shape index (κ1) is 13.1. The van der Waals surface area contributed by atoms with E-state index in [1.54, 1.807) is 7.11 Å². The van der Waals surface area contributed by atoms with Crippen molar-refractivity contribution in [1.82, 2.24) is 5.32 Å². The third-order valence-corrected chi connectivity index (χ3v) is 3.34. The Bertz CT molecular complexity index is 142. The van der Waals surface area contributed by atoms with Gasteiger partial charge in [-0.1, -0.05) is 13.3 Å². The first-order chi connectivity index (χ1) is 6.24. The highest BCUT2D eigenvalue weighted by Gasteiger charge is 2.08. The number of methoxy groups -OCH3 is 1. The zero-order valence-corrected chi connectivity index (χ0v) is 9.65. The van der Waals surface area contributed by atoms with Crippen LogP contribution in [0.4, 0.5) is 0 Å². The maximum atomic E-state index is 11.4. The third-order valence-electron chi connectivity index (χ3n) is 1.95. The van der Waals surface area contributed by atoms with E-state index in [1.807, 2.05) is 7.05 Å². The molecule has 4 heteroatoms. The second kappa shape index (κ2) is 8.66. The molecule has 0 aliphatic heterocycles. The zero-order valence-electron chi connectivity index (χ0n) is 8.84. The van der Waals surface area contributed by atoms with E-state index in [1.165, 1.54) is 0 Å². The summed E-state index contributed by atoms with van der Waals surface area (Å²) in [6, 6.07) is 0.391. The molecule has 0 aromatic heterocycles. The number of hydrogen-bond acceptors (Lipinski definition) is 3. The average Bonchev–Trinajstić information content (AvgIpc) is 2.14. The van der Waals surface area contributed by atoms with Gasteiger partial charge in [0.05, 0.1) is 6.61 Å². The average molecular weight is 207 g/mol. The molecule has 80 valence electrons. The van der Waals surface area contributed by atoms with Crippen LogP contribution in [0.2, 0.25) is 0 Å². The molecular formula is C9H21NO2S. The quantitative estimate of drug-likeness (QED) is 0.639. The molecule has 3 nitrogen and oxygen atoms in total. The molecule has 0 bridgehead atoms. The van der Waals surface area contributed by atoms with Crippen LogP contribution in [-0.4, -0.2) is 42.5 Å². The summed E-state index contributed by atoms with van der Waals surface area (Å²) in [7, 11) is 2.82. The molecule has 0 saturated heterocycles. The van der Waals surface area contributed by atoms with Gasteiger partial charge in [-0.25, -0.2) is 0 Å². The summed E-state index contributed by atoms with van der Waals surface area (Å²) < 4.78 is 16.3. The SMILES string of the molecule is CCCC(CS(=O)CCOC)NC. The van der Waals surface area contributed by atoms with Crippen LogP contribution in [0.3, 0.4) is 0 Å². The van der Waals surface area contributed by atoms with E-state index < -0.39 is 10.8 Å². The Hall–Kier alpha value is 0.0700. The van der Waals surface area contributed by atoms with Gasteiger partial charge in [-0.05, 0) is 13.5 Å². The van der Waals surface area contributed by atoms with Crippen LogP contribution < -0.4 is 5.32 Å². The minimum absolute atomic E-state index is 0.391. The Balaban J connectivity index is 3.60. The second-order valence-electron chi connectivity index (χ2n) is 3.08. The van der Waals surface area contributed by atoms with Crippen molar-refractivity contribution in [2.75, 3.05) is 32.3 Å². The fourth-order valence-corrected chi connectivity index (χ4v) is 2.44. The summed E-state index contributed by atoms with van der Waals surface area (Å²) in [4.78, 5) is 0. The van der Waals surface area contributed by atoms with E-state index >= 15 is 0 Å². The fraction of sp³-hybridized carbons (Fsp3) is 1.00. The van der Waals surface area contributed by atoms with Crippen molar-refractivity contribution in [1.29, 1.82) is 0 Å². The van der Waals surface area contributed by atoms with Crippen LogP contribution in [0.25, 0.3) is 0 Å². The van der Waals surface area contributed by atoms with E-state index in [4.69, 9.17) is 4.74 Å². The van der Waals surface area contributed by atoms with Gasteiger partial charge in [0.2, 0.25) is 0 Å². The molecule has 0 heterocycles. The summed E-state index contributed by atoms with van der Waals surface area (Å²) in [5, 5.41) is 3.18. The Labute approximate surface area is 83.7 Å². The minimum atomic E-state index is -0.739. The second-order valence-corrected chi connectivity index (χ2v) is 4.70. The topological polar surface area (TPSA) is 38.3 Å². The van der Waals surface area contributed by atoms with Gasteiger partial charge < -0.3 is 10.1 Å². The zero-order chi connectivity index (χ0) is 10.1. The lowest BCUT2D eigenvalue weighted by atomic mass is 10.2. The van der Waals surface area contributed by atoms with Crippen molar-refractivity contribution in [3.63, 3.8) is 0 Å². The van der Waals surface area contributed by atoms with Crippen LogP contribution in [0.5, 0.6) is 0 Å². The highest BCUT2D eigenvalue weighted by atomic mass is 32.2. The fourth-order valence-electron chi connectivity index (χ4n) is 1.14. The number of ether oxygens (including phenoxy) is 1. The molecule has 0 spiro atoms. The standard InChI is InChI=1S/C9H21NO2S/c1-4-5-9(10-2)8-13(11)7-6-12-3/h9-10H,4-8H2,1-3H3. The lowest BCUT2D eigenvalue weighted by Crippen LogP contribution is -2.31. The summed E-state index contributed by atoms with van der Waals surface area (Å²) in [6.07, 6.45) is 2.22. The first-order valence-corrected chi connectivity index (χ1v) is 6.24. The molecule has 0 aromatic carbocycles. The van der Waals surface area contributed by atoms with Gasteiger partial charge in [-0.3, -0.25) is 4.21 Å². The van der Waals surface area contributed by atoms with Crippen LogP contribution in [0.1, 0.15) is 19.8 Å². The number of hydrogen-bond donors (Lipinski definition) is 1. The minimum Gasteiger partial charge on any atom is -0.384 e. The van der Waals surface area contributed by atoms with E-state index in [-0.39, 0.29) is 0 Å². The first-order valence-electron chi connectivity index (χ1n) is 4.75. The number of rotatable bonds is 8. The molecule has 0 radical (unpaired) electrons. The maximum Gasteiger partial charge on any atom is 0.0577 e. The molecule has 0 saturated carbocycles. The molecule has 0 amide bonds. The summed E-state index contributed by atoms with van der Waals surface area (Å²) >= 11 is 0. The van der Waals surface area contributed by atoms with Crippen molar-refractivity contribution in [2.24, 2.45) is 0 Å². The van der Waals surface area contributed by atoms with Crippen molar-refractivity contribution >= 4 is 10.8 Å². The monoisotopic (exact) mass is 207 g/mol. The van der Waals surface area contributed by atoms with E-state index in [9.17, 15) is 4.21 Å². The van der Waals surface area contributed by atoms with Crippen molar-refractivity contribution in [3.05, 3.63) is 0 Å². The lowest BCUT2D eigenvalue weighted by molar-refractivity contribution is 0.218. The van der Waals surface area contributed by atoms with Crippen LogP contribution in [-0.2, 0) is 15.5 Å². The maximum absolute atomic E-state index is 11.4. The van der Waals surface area contributed by atoms with Crippen LogP contribution in [0, 0.1) is 0 Å². The highest BCUT2D eigenvalue weighted by molar-refractivity contribution is 7.85. The van der Waals surface area contributed by atoms with Crippen molar-refractivity contribution in [3.8, 4) is 0 Å². The van der Waals surface area contributed by atoms with E-state index in [0.717, 1.165) is 18.6 Å². The molecule has 0 fully saturated rings. The molecule has 1 N–H and O–H groups in total. The Morgan fingerprint density at radius 1 is 1.54 bits per heavy atom. The van der Waals surface area contributed by atoms with Gasteiger partial charge in [-0.15, -0.1) is 0 Å². The van der Waals surface area contributed by atoms with Gasteiger partial charge in [-0.2, -0.15) is 0 Å². The van der Waals surface area contributed by atoms with Crippen molar-refractivity contribution < 1.29 is 8.95 Å². The van der Waals surface area contributed by atoms with Crippen LogP contribution >= 0.6 is 0 Å². The van der Waals surface area contributed by atoms with E-state index in [2.05, 4.69) is 12.2 Å². The smallest absolute Gasteiger partial charge is 0.0577 e. The van der Waals surface area contributed by atoms with Gasteiger partial charge in [0, 0.05) is 35.5 Å². The van der Waals surface area contributed by atoms with Crippen LogP contribution in [0.15, 0.2) is 0 Å². The summed E-state index contributed by atoms with van der Waals surface area (Å²) in [5.41, 5.74) is 0. The molecule has 13 heavy (non-hydrogen) atoms. The molecule has 0 aromatic rings. The Morgan fingerprint density at radius 2 is 2.23 bits per heavy atom. The van der Waals surface area contributed by atoms with Gasteiger partial charge >= 0.3 is 0 Å². The molecule has 0 rings (SSSR count). The predicted molar refractivity (Wildman–Crippen MR) is 57.5 cm³/mol. The molecule has 2 atom stereocenters. The third kappa shape index (κ3) is 7.16. The summed E-state index contributed by atoms with van der Waals surface area (Å²) in [5.74, 6) is 1.39. The Morgan fingerprint density at radius 3 is 2.69 bits per heavy atom.